The number of carbonyl (C=O) groups excluding carboxylic acids is 1. The highest BCUT2D eigenvalue weighted by Gasteiger charge is 2.12. The molecule has 0 bridgehead atoms. The summed E-state index contributed by atoms with van der Waals surface area (Å²) in [6, 6.07) is 13.1. The number of hydrogen-bond donors (Lipinski definition) is 1. The topological polar surface area (TPSA) is 96.0 Å². The molecule has 0 aliphatic carbocycles. The third kappa shape index (κ3) is 3.84. The van der Waals surface area contributed by atoms with Crippen molar-refractivity contribution in [3.8, 4) is 6.07 Å². The predicted octanol–water partition coefficient (Wildman–Crippen LogP) is 3.76. The second-order valence-corrected chi connectivity index (χ2v) is 5.24. The van der Waals surface area contributed by atoms with Crippen molar-refractivity contribution < 1.29 is 9.72 Å². The molecule has 6 nitrogen and oxygen atoms in total. The summed E-state index contributed by atoms with van der Waals surface area (Å²) in [6.07, 6.45) is 1.40. The van der Waals surface area contributed by atoms with Gasteiger partial charge in [-0.05, 0) is 48.7 Å². The van der Waals surface area contributed by atoms with Gasteiger partial charge in [-0.3, -0.25) is 14.9 Å². The number of hydrogen-bond acceptors (Lipinski definition) is 4. The van der Waals surface area contributed by atoms with Gasteiger partial charge in [-0.1, -0.05) is 18.2 Å². The molecular formula is C18H15N3O3. The summed E-state index contributed by atoms with van der Waals surface area (Å²) in [4.78, 5) is 22.4. The first kappa shape index (κ1) is 16.9. The average Bonchev–Trinajstić information content (AvgIpc) is 2.56. The van der Waals surface area contributed by atoms with Gasteiger partial charge in [0.05, 0.1) is 4.92 Å². The highest BCUT2D eigenvalue weighted by Crippen LogP contribution is 2.21. The molecule has 1 amide bonds. The van der Waals surface area contributed by atoms with Gasteiger partial charge in [-0.15, -0.1) is 0 Å². The maximum absolute atomic E-state index is 12.3. The van der Waals surface area contributed by atoms with E-state index in [1.165, 1.54) is 30.3 Å². The van der Waals surface area contributed by atoms with E-state index in [0.717, 1.165) is 11.1 Å². The van der Waals surface area contributed by atoms with Crippen molar-refractivity contribution in [3.05, 3.63) is 74.8 Å². The summed E-state index contributed by atoms with van der Waals surface area (Å²) in [6.45, 7) is 3.74. The monoisotopic (exact) mass is 321 g/mol. The first-order valence-corrected chi connectivity index (χ1v) is 7.16. The molecule has 0 aliphatic heterocycles. The Bertz CT molecular complexity index is 842. The lowest BCUT2D eigenvalue weighted by molar-refractivity contribution is -0.384. The number of benzene rings is 2. The zero-order valence-electron chi connectivity index (χ0n) is 13.2. The minimum atomic E-state index is -0.520. The standard InChI is InChI=1S/C18H15N3O3/c1-12-4-3-5-13(2)17(12)20-18(22)15(11-19)10-14-6-8-16(9-7-14)21(23)24/h3-10H,1-2H3,(H,20,22)/b15-10+. The summed E-state index contributed by atoms with van der Waals surface area (Å²) in [5.74, 6) is -0.520. The quantitative estimate of drug-likeness (QED) is 0.401. The summed E-state index contributed by atoms with van der Waals surface area (Å²) in [5.41, 5.74) is 2.88. The van der Waals surface area contributed by atoms with Crippen LogP contribution in [0.5, 0.6) is 0 Å². The second-order valence-electron chi connectivity index (χ2n) is 5.24. The average molecular weight is 321 g/mol. The highest BCUT2D eigenvalue weighted by molar-refractivity contribution is 6.10. The molecule has 0 saturated heterocycles. The molecule has 24 heavy (non-hydrogen) atoms. The van der Waals surface area contributed by atoms with Crippen LogP contribution in [-0.2, 0) is 4.79 Å². The summed E-state index contributed by atoms with van der Waals surface area (Å²) < 4.78 is 0. The van der Waals surface area contributed by atoms with Crippen LogP contribution in [0.25, 0.3) is 6.08 Å². The second kappa shape index (κ2) is 7.20. The number of nitro groups is 1. The van der Waals surface area contributed by atoms with Crippen LogP contribution in [0.2, 0.25) is 0 Å². The van der Waals surface area contributed by atoms with E-state index >= 15 is 0 Å². The number of rotatable bonds is 4. The zero-order chi connectivity index (χ0) is 17.7. The summed E-state index contributed by atoms with van der Waals surface area (Å²) >= 11 is 0. The Kier molecular flexibility index (Phi) is 5.07. The molecule has 2 rings (SSSR count). The Hall–Kier alpha value is -3.46. The molecule has 0 fully saturated rings. The lowest BCUT2D eigenvalue weighted by atomic mass is 10.1. The molecule has 0 atom stereocenters. The molecule has 0 spiro atoms. The van der Waals surface area contributed by atoms with E-state index in [0.29, 0.717) is 11.3 Å². The number of aryl methyl sites for hydroxylation is 2. The number of non-ortho nitro benzene ring substituents is 1. The Morgan fingerprint density at radius 1 is 1.17 bits per heavy atom. The number of nitrogens with one attached hydrogen (secondary N) is 1. The molecule has 0 radical (unpaired) electrons. The maximum Gasteiger partial charge on any atom is 0.269 e. The van der Waals surface area contributed by atoms with Crippen LogP contribution in [-0.4, -0.2) is 10.8 Å². The first-order chi connectivity index (χ1) is 11.4. The molecule has 1 N–H and O–H groups in total. The largest absolute Gasteiger partial charge is 0.321 e. The van der Waals surface area contributed by atoms with Crippen molar-refractivity contribution >= 4 is 23.4 Å². The third-order valence-electron chi connectivity index (χ3n) is 3.50. The molecule has 6 heteroatoms. The van der Waals surface area contributed by atoms with Crippen LogP contribution in [0.1, 0.15) is 16.7 Å². The van der Waals surface area contributed by atoms with Gasteiger partial charge in [0, 0.05) is 17.8 Å². The van der Waals surface area contributed by atoms with Crippen molar-refractivity contribution in [1.82, 2.24) is 0 Å². The van der Waals surface area contributed by atoms with Crippen molar-refractivity contribution in [2.75, 3.05) is 5.32 Å². The van der Waals surface area contributed by atoms with E-state index in [4.69, 9.17) is 0 Å². The number of amides is 1. The van der Waals surface area contributed by atoms with Gasteiger partial charge >= 0.3 is 0 Å². The van der Waals surface area contributed by atoms with Crippen LogP contribution in [0.15, 0.2) is 48.0 Å². The van der Waals surface area contributed by atoms with E-state index in [1.807, 2.05) is 38.1 Å². The number of nitrogens with zero attached hydrogens (tertiary/aromatic N) is 2. The normalized spacial score (nSPS) is 10.8. The fourth-order valence-electron chi connectivity index (χ4n) is 2.20. The summed E-state index contributed by atoms with van der Waals surface area (Å²) in [7, 11) is 0. The molecule has 0 aromatic heterocycles. The van der Waals surface area contributed by atoms with Crippen molar-refractivity contribution in [2.45, 2.75) is 13.8 Å². The van der Waals surface area contributed by atoms with Crippen molar-refractivity contribution in [2.24, 2.45) is 0 Å². The summed E-state index contributed by atoms with van der Waals surface area (Å²) in [5, 5.41) is 22.6. The Morgan fingerprint density at radius 2 is 1.75 bits per heavy atom. The first-order valence-electron chi connectivity index (χ1n) is 7.16. The van der Waals surface area contributed by atoms with E-state index < -0.39 is 10.8 Å². The number of nitriles is 1. The zero-order valence-corrected chi connectivity index (χ0v) is 13.2. The fourth-order valence-corrected chi connectivity index (χ4v) is 2.20. The van der Waals surface area contributed by atoms with E-state index in [9.17, 15) is 20.2 Å². The van der Waals surface area contributed by atoms with Crippen LogP contribution in [0.4, 0.5) is 11.4 Å². The fraction of sp³-hybridized carbons (Fsp3) is 0.111. The molecular weight excluding hydrogens is 306 g/mol. The van der Waals surface area contributed by atoms with Gasteiger partial charge in [0.15, 0.2) is 0 Å². The molecule has 0 heterocycles. The van der Waals surface area contributed by atoms with E-state index in [2.05, 4.69) is 5.32 Å². The molecule has 0 unspecified atom stereocenters. The van der Waals surface area contributed by atoms with Gasteiger partial charge in [0.25, 0.3) is 11.6 Å². The Morgan fingerprint density at radius 3 is 2.25 bits per heavy atom. The van der Waals surface area contributed by atoms with Crippen molar-refractivity contribution in [1.29, 1.82) is 5.26 Å². The predicted molar refractivity (Wildman–Crippen MR) is 91.2 cm³/mol. The number of carbonyl (C=O) groups is 1. The van der Waals surface area contributed by atoms with Gasteiger partial charge in [0.1, 0.15) is 11.6 Å². The number of para-hydroxylation sites is 1. The van der Waals surface area contributed by atoms with Gasteiger partial charge in [-0.2, -0.15) is 5.26 Å². The minimum absolute atomic E-state index is 0.0503. The van der Waals surface area contributed by atoms with Crippen LogP contribution in [0, 0.1) is 35.3 Å². The van der Waals surface area contributed by atoms with E-state index in [1.54, 1.807) is 0 Å². The minimum Gasteiger partial charge on any atom is -0.321 e. The maximum atomic E-state index is 12.3. The van der Waals surface area contributed by atoms with Crippen LogP contribution < -0.4 is 5.32 Å². The van der Waals surface area contributed by atoms with Gasteiger partial charge < -0.3 is 5.32 Å². The molecule has 0 saturated carbocycles. The van der Waals surface area contributed by atoms with Crippen LogP contribution in [0.3, 0.4) is 0 Å². The van der Waals surface area contributed by atoms with Gasteiger partial charge in [-0.25, -0.2) is 0 Å². The smallest absolute Gasteiger partial charge is 0.269 e. The lowest BCUT2D eigenvalue weighted by Crippen LogP contribution is -2.15. The highest BCUT2D eigenvalue weighted by atomic mass is 16.6. The van der Waals surface area contributed by atoms with Crippen molar-refractivity contribution in [3.63, 3.8) is 0 Å². The molecule has 2 aromatic carbocycles. The molecule has 2 aromatic rings. The third-order valence-corrected chi connectivity index (χ3v) is 3.50. The van der Waals surface area contributed by atoms with E-state index in [-0.39, 0.29) is 11.3 Å². The van der Waals surface area contributed by atoms with Gasteiger partial charge in [0.2, 0.25) is 0 Å². The molecule has 0 aliphatic rings. The Labute approximate surface area is 139 Å². The van der Waals surface area contributed by atoms with Crippen LogP contribution >= 0.6 is 0 Å². The number of anilines is 1. The Balaban J connectivity index is 2.26. The number of nitro benzene ring substituents is 1. The lowest BCUT2D eigenvalue weighted by Gasteiger charge is -2.10. The molecule has 120 valence electrons. The SMILES string of the molecule is Cc1cccc(C)c1NC(=O)/C(C#N)=C/c1ccc([N+](=O)[O-])cc1.